The molecular weight excluding hydrogens is 384 g/mol. The molecule has 30 heavy (non-hydrogen) atoms. The largest absolute Gasteiger partial charge is 0.497 e. The van der Waals surface area contributed by atoms with E-state index in [0.29, 0.717) is 18.1 Å². The van der Waals surface area contributed by atoms with Gasteiger partial charge in [-0.15, -0.1) is 0 Å². The summed E-state index contributed by atoms with van der Waals surface area (Å²) < 4.78 is 27.2. The van der Waals surface area contributed by atoms with Crippen molar-refractivity contribution >= 4 is 5.97 Å². The lowest BCUT2D eigenvalue weighted by Gasteiger charge is -2.23. The number of carbonyl (C=O) groups is 1. The lowest BCUT2D eigenvalue weighted by molar-refractivity contribution is -0.151. The van der Waals surface area contributed by atoms with Gasteiger partial charge in [-0.1, -0.05) is 43.3 Å². The van der Waals surface area contributed by atoms with Gasteiger partial charge in [0.15, 0.2) is 6.10 Å². The van der Waals surface area contributed by atoms with Crippen molar-refractivity contribution in [1.29, 1.82) is 0 Å². The molecule has 2 aromatic carbocycles. The monoisotopic (exact) mass is 414 g/mol. The van der Waals surface area contributed by atoms with Crippen LogP contribution >= 0.6 is 0 Å². The third kappa shape index (κ3) is 6.34. The summed E-state index contributed by atoms with van der Waals surface area (Å²) in [5, 5.41) is 0. The first-order chi connectivity index (χ1) is 14.5. The van der Waals surface area contributed by atoms with Gasteiger partial charge in [-0.25, -0.2) is 4.79 Å². The highest BCUT2D eigenvalue weighted by Crippen LogP contribution is 2.35. The number of carbonyl (C=O) groups excluding carboxylic acids is 1. The van der Waals surface area contributed by atoms with E-state index in [0.717, 1.165) is 11.1 Å². The molecule has 2 rings (SSSR count). The summed E-state index contributed by atoms with van der Waals surface area (Å²) in [4.78, 5) is 12.2. The lowest BCUT2D eigenvalue weighted by Crippen LogP contribution is -2.24. The second-order valence-electron chi connectivity index (χ2n) is 6.75. The maximum atomic E-state index is 12.2. The second-order valence-corrected chi connectivity index (χ2v) is 6.75. The van der Waals surface area contributed by atoms with Gasteiger partial charge in [0.25, 0.3) is 0 Å². The van der Waals surface area contributed by atoms with Crippen LogP contribution in [0.2, 0.25) is 0 Å². The van der Waals surface area contributed by atoms with Crippen molar-refractivity contribution in [1.82, 2.24) is 0 Å². The highest BCUT2D eigenvalue weighted by molar-refractivity contribution is 5.76. The Morgan fingerprint density at radius 1 is 0.967 bits per heavy atom. The molecule has 0 radical (unpaired) electrons. The van der Waals surface area contributed by atoms with Crippen molar-refractivity contribution in [3.8, 4) is 11.5 Å². The number of hydrogen-bond donors (Lipinski definition) is 0. The molecule has 3 atom stereocenters. The Bertz CT molecular complexity index is 818. The first-order valence-electron chi connectivity index (χ1n) is 9.70. The van der Waals surface area contributed by atoms with E-state index in [1.807, 2.05) is 61.5 Å². The zero-order valence-electron chi connectivity index (χ0n) is 18.2. The predicted octanol–water partition coefficient (Wildman–Crippen LogP) is 4.34. The van der Waals surface area contributed by atoms with Gasteiger partial charge in [0.1, 0.15) is 11.5 Å². The molecular formula is C24H30O6. The average Bonchev–Trinajstić information content (AvgIpc) is 2.79. The van der Waals surface area contributed by atoms with Crippen molar-refractivity contribution < 1.29 is 28.5 Å². The lowest BCUT2D eigenvalue weighted by atomic mass is 9.95. The van der Waals surface area contributed by atoms with E-state index in [1.54, 1.807) is 27.4 Å². The minimum atomic E-state index is -0.817. The summed E-state index contributed by atoms with van der Waals surface area (Å²) in [7, 11) is 6.21. The number of methoxy groups -OCH3 is 4. The Kier molecular flexibility index (Phi) is 9.38. The number of esters is 1. The van der Waals surface area contributed by atoms with Crippen LogP contribution in [0.5, 0.6) is 11.5 Å². The second kappa shape index (κ2) is 12.0. The summed E-state index contributed by atoms with van der Waals surface area (Å²) in [6, 6.07) is 15.2. The van der Waals surface area contributed by atoms with Crippen LogP contribution in [0.1, 0.15) is 24.2 Å². The van der Waals surface area contributed by atoms with Crippen LogP contribution in [0.25, 0.3) is 0 Å². The molecule has 6 nitrogen and oxygen atoms in total. The molecule has 0 aliphatic rings. The highest BCUT2D eigenvalue weighted by atomic mass is 16.6. The van der Waals surface area contributed by atoms with Crippen LogP contribution in [-0.2, 0) is 25.6 Å². The fourth-order valence-electron chi connectivity index (χ4n) is 3.14. The van der Waals surface area contributed by atoms with E-state index in [9.17, 15) is 4.79 Å². The van der Waals surface area contributed by atoms with E-state index in [1.165, 1.54) is 7.11 Å². The van der Waals surface area contributed by atoms with Crippen molar-refractivity contribution in [2.75, 3.05) is 28.4 Å². The smallest absolute Gasteiger partial charge is 0.339 e. The molecule has 0 bridgehead atoms. The third-order valence-electron chi connectivity index (χ3n) is 4.77. The molecule has 0 aliphatic heterocycles. The van der Waals surface area contributed by atoms with Crippen LogP contribution in [0.3, 0.4) is 0 Å². The van der Waals surface area contributed by atoms with Gasteiger partial charge in [-0.05, 0) is 29.8 Å². The van der Waals surface area contributed by atoms with E-state index < -0.39 is 12.1 Å². The van der Waals surface area contributed by atoms with Gasteiger partial charge >= 0.3 is 5.97 Å². The average molecular weight is 414 g/mol. The van der Waals surface area contributed by atoms with Crippen LogP contribution in [0, 0.1) is 5.92 Å². The molecule has 0 spiro atoms. The highest BCUT2D eigenvalue weighted by Gasteiger charge is 2.23. The van der Waals surface area contributed by atoms with Gasteiger partial charge in [-0.2, -0.15) is 0 Å². The Balaban J connectivity index is 2.17. The summed E-state index contributed by atoms with van der Waals surface area (Å²) in [6.07, 6.45) is 2.47. The summed E-state index contributed by atoms with van der Waals surface area (Å²) in [5.74, 6) is 0.876. The molecule has 2 aromatic rings. The third-order valence-corrected chi connectivity index (χ3v) is 4.77. The van der Waals surface area contributed by atoms with Crippen LogP contribution in [-0.4, -0.2) is 40.5 Å². The van der Waals surface area contributed by atoms with Gasteiger partial charge in [0, 0.05) is 18.6 Å². The van der Waals surface area contributed by atoms with Gasteiger partial charge in [-0.3, -0.25) is 0 Å². The Hall–Kier alpha value is -2.83. The van der Waals surface area contributed by atoms with Crippen molar-refractivity contribution in [3.05, 3.63) is 71.8 Å². The Labute approximate surface area is 178 Å². The summed E-state index contributed by atoms with van der Waals surface area (Å²) in [5.41, 5.74) is 1.83. The maximum absolute atomic E-state index is 12.2. The molecule has 0 saturated carbocycles. The first kappa shape index (κ1) is 23.4. The van der Waals surface area contributed by atoms with Crippen molar-refractivity contribution in [3.63, 3.8) is 0 Å². The normalized spacial score (nSPS) is 14.2. The van der Waals surface area contributed by atoms with Crippen molar-refractivity contribution in [2.45, 2.75) is 25.7 Å². The minimum Gasteiger partial charge on any atom is -0.497 e. The Morgan fingerprint density at radius 2 is 1.70 bits per heavy atom. The number of rotatable bonds is 11. The molecule has 0 unspecified atom stereocenters. The quantitative estimate of drug-likeness (QED) is 0.403. The topological polar surface area (TPSA) is 63.2 Å². The minimum absolute atomic E-state index is 0.0801. The van der Waals surface area contributed by atoms with E-state index in [4.69, 9.17) is 23.7 Å². The van der Waals surface area contributed by atoms with E-state index in [2.05, 4.69) is 0 Å². The molecule has 0 saturated heterocycles. The molecule has 6 heteroatoms. The first-order valence-corrected chi connectivity index (χ1v) is 9.70. The van der Waals surface area contributed by atoms with E-state index in [-0.39, 0.29) is 12.0 Å². The zero-order chi connectivity index (χ0) is 21.9. The number of hydrogen-bond acceptors (Lipinski definition) is 6. The molecule has 0 N–H and O–H groups in total. The summed E-state index contributed by atoms with van der Waals surface area (Å²) in [6.45, 7) is 2.30. The van der Waals surface area contributed by atoms with Gasteiger partial charge in [0.05, 0.1) is 34.0 Å². The molecule has 0 aromatic heterocycles. The number of ether oxygens (including phenoxy) is 5. The fraction of sp³-hybridized carbons (Fsp3) is 0.375. The van der Waals surface area contributed by atoms with Crippen LogP contribution in [0.15, 0.2) is 60.7 Å². The van der Waals surface area contributed by atoms with Crippen molar-refractivity contribution in [2.24, 2.45) is 5.92 Å². The van der Waals surface area contributed by atoms with E-state index >= 15 is 0 Å². The predicted molar refractivity (Wildman–Crippen MR) is 115 cm³/mol. The standard InChI is InChI=1S/C24H30O6/c1-17(23(28-4)20-15-19(26-2)12-14-21(20)27-3)11-13-22(24(25)29-5)30-16-18-9-7-6-8-10-18/h6-15,17,22-23H,16H2,1-5H3/b13-11+/t17-,22-,23+/m0/s1. The van der Waals surface area contributed by atoms with Crippen LogP contribution < -0.4 is 9.47 Å². The summed E-state index contributed by atoms with van der Waals surface area (Å²) >= 11 is 0. The molecule has 0 fully saturated rings. The maximum Gasteiger partial charge on any atom is 0.339 e. The molecule has 162 valence electrons. The Morgan fingerprint density at radius 3 is 2.30 bits per heavy atom. The van der Waals surface area contributed by atoms with Crippen LogP contribution in [0.4, 0.5) is 0 Å². The zero-order valence-corrected chi connectivity index (χ0v) is 18.2. The molecule has 0 amide bonds. The molecule has 0 heterocycles. The van der Waals surface area contributed by atoms with Gasteiger partial charge in [0.2, 0.25) is 0 Å². The fourth-order valence-corrected chi connectivity index (χ4v) is 3.14. The van der Waals surface area contributed by atoms with Gasteiger partial charge < -0.3 is 23.7 Å². The SMILES string of the molecule is COC(=O)[C@H](/C=C/[C@H](C)[C@@H](OC)c1cc(OC)ccc1OC)OCc1ccccc1. The molecule has 0 aliphatic carbocycles. The number of benzene rings is 2.